The number of hydrogen-bond acceptors (Lipinski definition) is 3. The van der Waals surface area contributed by atoms with Crippen LogP contribution in [-0.2, 0) is 16.0 Å². The lowest BCUT2D eigenvalue weighted by Crippen LogP contribution is -2.40. The monoisotopic (exact) mass is 407 g/mol. The van der Waals surface area contributed by atoms with Gasteiger partial charge in [-0.3, -0.25) is 9.59 Å². The lowest BCUT2D eigenvalue weighted by atomic mass is 10.0. The highest BCUT2D eigenvalue weighted by molar-refractivity contribution is 5.89. The van der Waals surface area contributed by atoms with Crippen LogP contribution in [0.3, 0.4) is 0 Å². The van der Waals surface area contributed by atoms with Crippen LogP contribution in [0.15, 0.2) is 54.6 Å². The molecule has 0 aliphatic carbocycles. The fourth-order valence-electron chi connectivity index (χ4n) is 3.61. The van der Waals surface area contributed by atoms with Crippen LogP contribution in [0.25, 0.3) is 22.5 Å². The number of amides is 2. The Morgan fingerprint density at radius 2 is 1.80 bits per heavy atom. The minimum atomic E-state index is -0.465. The van der Waals surface area contributed by atoms with E-state index >= 15 is 0 Å². The molecule has 4 N–H and O–H groups in total. The highest BCUT2D eigenvalue weighted by Crippen LogP contribution is 2.30. The predicted octanol–water partition coefficient (Wildman–Crippen LogP) is 3.13. The van der Waals surface area contributed by atoms with Crippen molar-refractivity contribution in [2.24, 2.45) is 0 Å². The molecule has 4 rings (SSSR count). The van der Waals surface area contributed by atoms with Gasteiger partial charge < -0.3 is 20.7 Å². The van der Waals surface area contributed by atoms with Crippen LogP contribution in [0.1, 0.15) is 18.4 Å². The maximum Gasteiger partial charge on any atom is 0.242 e. The Bertz CT molecular complexity index is 1060. The maximum absolute atomic E-state index is 13.4. The number of nitrogens with one attached hydrogen (secondary N) is 3. The number of aromatic amines is 1. The van der Waals surface area contributed by atoms with Crippen molar-refractivity contribution in [3.05, 3.63) is 66.0 Å². The van der Waals surface area contributed by atoms with Crippen LogP contribution >= 0.6 is 0 Å². The average Bonchev–Trinajstić information content (AvgIpc) is 3.34. The lowest BCUT2D eigenvalue weighted by Gasteiger charge is -2.10. The van der Waals surface area contributed by atoms with Crippen LogP contribution in [0.5, 0.6) is 5.75 Å². The topological polar surface area (TPSA) is 94.2 Å². The SMILES string of the molecule is O=C(CCc1cc(-c2ccc(O)cc2)[nH]c1-c1ccc(F)cc1)NC1CCNC1=O. The minimum Gasteiger partial charge on any atom is -0.508 e. The number of aromatic hydroxyl groups is 1. The molecule has 0 saturated carbocycles. The van der Waals surface area contributed by atoms with Crippen LogP contribution in [-0.4, -0.2) is 34.5 Å². The van der Waals surface area contributed by atoms with E-state index in [9.17, 15) is 19.1 Å². The van der Waals surface area contributed by atoms with Gasteiger partial charge in [-0.15, -0.1) is 0 Å². The van der Waals surface area contributed by atoms with Gasteiger partial charge in [0.15, 0.2) is 0 Å². The molecule has 1 atom stereocenters. The first-order valence-corrected chi connectivity index (χ1v) is 9.84. The molecule has 154 valence electrons. The number of carbonyl (C=O) groups excluding carboxylic acids is 2. The molecular formula is C23H22FN3O3. The summed E-state index contributed by atoms with van der Waals surface area (Å²) in [6, 6.07) is 14.5. The zero-order chi connectivity index (χ0) is 21.1. The molecule has 7 heteroatoms. The number of phenolic OH excluding ortho intramolecular Hbond substituents is 1. The van der Waals surface area contributed by atoms with Crippen molar-refractivity contribution >= 4 is 11.8 Å². The summed E-state index contributed by atoms with van der Waals surface area (Å²) in [4.78, 5) is 27.4. The van der Waals surface area contributed by atoms with E-state index in [0.29, 0.717) is 19.4 Å². The summed E-state index contributed by atoms with van der Waals surface area (Å²) in [7, 11) is 0. The molecule has 3 aromatic rings. The average molecular weight is 407 g/mol. The van der Waals surface area contributed by atoms with Gasteiger partial charge in [0.25, 0.3) is 0 Å². The summed E-state index contributed by atoms with van der Waals surface area (Å²) in [5, 5.41) is 15.0. The zero-order valence-corrected chi connectivity index (χ0v) is 16.2. The van der Waals surface area contributed by atoms with Gasteiger partial charge in [0.1, 0.15) is 17.6 Å². The summed E-state index contributed by atoms with van der Waals surface area (Å²) in [6.45, 7) is 0.576. The minimum absolute atomic E-state index is 0.147. The third-order valence-electron chi connectivity index (χ3n) is 5.22. The van der Waals surface area contributed by atoms with Gasteiger partial charge >= 0.3 is 0 Å². The summed E-state index contributed by atoms with van der Waals surface area (Å²) >= 11 is 0. The first-order valence-electron chi connectivity index (χ1n) is 9.84. The van der Waals surface area contributed by atoms with Gasteiger partial charge in [-0.05, 0) is 84.1 Å². The van der Waals surface area contributed by atoms with Crippen molar-refractivity contribution < 1.29 is 19.1 Å². The largest absolute Gasteiger partial charge is 0.508 e. The van der Waals surface area contributed by atoms with Gasteiger partial charge in [0.05, 0.1) is 0 Å². The Kier molecular flexibility index (Phi) is 5.52. The number of aryl methyl sites for hydroxylation is 1. The number of benzene rings is 2. The van der Waals surface area contributed by atoms with Gasteiger partial charge in [-0.25, -0.2) is 4.39 Å². The van der Waals surface area contributed by atoms with Crippen LogP contribution < -0.4 is 10.6 Å². The molecule has 1 unspecified atom stereocenters. The maximum atomic E-state index is 13.4. The molecule has 2 aromatic carbocycles. The molecule has 0 spiro atoms. The van der Waals surface area contributed by atoms with E-state index in [1.54, 1.807) is 36.4 Å². The van der Waals surface area contributed by atoms with Crippen molar-refractivity contribution in [3.63, 3.8) is 0 Å². The summed E-state index contributed by atoms with van der Waals surface area (Å²) in [6.07, 6.45) is 1.28. The predicted molar refractivity (Wildman–Crippen MR) is 111 cm³/mol. The Balaban J connectivity index is 1.56. The molecule has 1 saturated heterocycles. The van der Waals surface area contributed by atoms with E-state index in [2.05, 4.69) is 15.6 Å². The lowest BCUT2D eigenvalue weighted by molar-refractivity contribution is -0.127. The summed E-state index contributed by atoms with van der Waals surface area (Å²) < 4.78 is 13.4. The van der Waals surface area contributed by atoms with Crippen molar-refractivity contribution in [1.29, 1.82) is 0 Å². The van der Waals surface area contributed by atoms with E-state index in [1.807, 2.05) is 6.07 Å². The molecule has 1 fully saturated rings. The van der Waals surface area contributed by atoms with Crippen molar-refractivity contribution in [2.75, 3.05) is 6.54 Å². The van der Waals surface area contributed by atoms with Crippen molar-refractivity contribution in [3.8, 4) is 28.3 Å². The van der Waals surface area contributed by atoms with E-state index in [-0.39, 0.29) is 29.8 Å². The molecule has 1 aliphatic heterocycles. The molecular weight excluding hydrogens is 385 g/mol. The Morgan fingerprint density at radius 1 is 1.10 bits per heavy atom. The molecule has 0 radical (unpaired) electrons. The highest BCUT2D eigenvalue weighted by atomic mass is 19.1. The highest BCUT2D eigenvalue weighted by Gasteiger charge is 2.25. The molecule has 1 aliphatic rings. The van der Waals surface area contributed by atoms with Gasteiger partial charge in [-0.1, -0.05) is 0 Å². The second kappa shape index (κ2) is 8.41. The quantitative estimate of drug-likeness (QED) is 0.506. The number of phenols is 1. The second-order valence-corrected chi connectivity index (χ2v) is 7.34. The third kappa shape index (κ3) is 4.35. The van der Waals surface area contributed by atoms with Crippen LogP contribution in [0, 0.1) is 5.82 Å². The van der Waals surface area contributed by atoms with E-state index in [4.69, 9.17) is 0 Å². The zero-order valence-electron chi connectivity index (χ0n) is 16.2. The summed E-state index contributed by atoms with van der Waals surface area (Å²) in [5.41, 5.74) is 4.25. The van der Waals surface area contributed by atoms with Gasteiger partial charge in [-0.2, -0.15) is 0 Å². The first-order chi connectivity index (χ1) is 14.5. The number of rotatable bonds is 6. The number of H-pyrrole nitrogens is 1. The molecule has 30 heavy (non-hydrogen) atoms. The van der Waals surface area contributed by atoms with E-state index < -0.39 is 6.04 Å². The fourth-order valence-corrected chi connectivity index (χ4v) is 3.61. The molecule has 6 nitrogen and oxygen atoms in total. The number of halogens is 1. The number of hydrogen-bond donors (Lipinski definition) is 4. The number of aromatic nitrogens is 1. The molecule has 2 heterocycles. The molecule has 0 bridgehead atoms. The second-order valence-electron chi connectivity index (χ2n) is 7.34. The Hall–Kier alpha value is -3.61. The molecule has 2 amide bonds. The fraction of sp³-hybridized carbons (Fsp3) is 0.217. The Labute approximate surface area is 173 Å². The smallest absolute Gasteiger partial charge is 0.242 e. The van der Waals surface area contributed by atoms with Gasteiger partial charge in [0, 0.05) is 24.4 Å². The van der Waals surface area contributed by atoms with Crippen molar-refractivity contribution in [2.45, 2.75) is 25.3 Å². The summed E-state index contributed by atoms with van der Waals surface area (Å²) in [5.74, 6) is -0.474. The normalized spacial score (nSPS) is 15.8. The van der Waals surface area contributed by atoms with Crippen LogP contribution in [0.2, 0.25) is 0 Å². The molecule has 1 aromatic heterocycles. The van der Waals surface area contributed by atoms with Crippen molar-refractivity contribution in [1.82, 2.24) is 15.6 Å². The third-order valence-corrected chi connectivity index (χ3v) is 5.22. The Morgan fingerprint density at radius 3 is 2.47 bits per heavy atom. The van der Waals surface area contributed by atoms with E-state index in [1.165, 1.54) is 12.1 Å². The first kappa shape index (κ1) is 19.7. The van der Waals surface area contributed by atoms with Crippen LogP contribution in [0.4, 0.5) is 4.39 Å². The standard InChI is InChI=1S/C23H22FN3O3/c24-17-6-1-15(2-7-17)22-16(5-10-21(29)26-19-11-12-25-23(19)30)13-20(27-22)14-3-8-18(28)9-4-14/h1-4,6-9,13,19,27-28H,5,10-12H2,(H,25,30)(H,26,29). The number of carbonyl (C=O) groups is 2. The van der Waals surface area contributed by atoms with Gasteiger partial charge in [0.2, 0.25) is 11.8 Å². The van der Waals surface area contributed by atoms with E-state index in [0.717, 1.165) is 28.1 Å².